The maximum Gasteiger partial charge on any atom is 0.146 e. The lowest BCUT2D eigenvalue weighted by Gasteiger charge is -2.08. The molecule has 0 fully saturated rings. The molecule has 0 unspecified atom stereocenters. The second-order valence-corrected chi connectivity index (χ2v) is 4.59. The van der Waals surface area contributed by atoms with Crippen molar-refractivity contribution in [2.75, 3.05) is 0 Å². The van der Waals surface area contributed by atoms with Crippen LogP contribution in [0.3, 0.4) is 0 Å². The molecule has 0 spiro atoms. The number of hydrogen-bond acceptors (Lipinski definition) is 3. The average molecular weight is 318 g/mol. The van der Waals surface area contributed by atoms with Gasteiger partial charge in [-0.25, -0.2) is 4.39 Å². The molecule has 94 valence electrons. The number of nitrogens with two attached hydrogens (primary N) is 1. The van der Waals surface area contributed by atoms with Crippen molar-refractivity contribution in [3.8, 4) is 6.07 Å². The van der Waals surface area contributed by atoms with Gasteiger partial charge in [0.25, 0.3) is 0 Å². The molecule has 0 aliphatic carbocycles. The van der Waals surface area contributed by atoms with Gasteiger partial charge in [0.15, 0.2) is 0 Å². The van der Waals surface area contributed by atoms with E-state index >= 15 is 0 Å². The number of halogens is 2. The van der Waals surface area contributed by atoms with Crippen molar-refractivity contribution < 1.29 is 4.39 Å². The van der Waals surface area contributed by atoms with E-state index < -0.39 is 5.82 Å². The minimum absolute atomic E-state index is 0.104. The van der Waals surface area contributed by atoms with E-state index in [1.54, 1.807) is 36.7 Å². The molecule has 2 aromatic rings. The van der Waals surface area contributed by atoms with Crippen molar-refractivity contribution in [1.29, 1.82) is 5.26 Å². The monoisotopic (exact) mass is 317 g/mol. The highest BCUT2D eigenvalue weighted by Gasteiger charge is 2.13. The van der Waals surface area contributed by atoms with E-state index in [0.29, 0.717) is 10.0 Å². The van der Waals surface area contributed by atoms with E-state index in [0.717, 1.165) is 0 Å². The molecule has 19 heavy (non-hydrogen) atoms. The van der Waals surface area contributed by atoms with Crippen molar-refractivity contribution in [2.45, 2.75) is 0 Å². The predicted molar refractivity (Wildman–Crippen MR) is 75.0 cm³/mol. The highest BCUT2D eigenvalue weighted by Crippen LogP contribution is 2.27. The van der Waals surface area contributed by atoms with Crippen molar-refractivity contribution in [2.24, 2.45) is 5.73 Å². The number of aromatic nitrogens is 1. The molecule has 0 aliphatic rings. The second kappa shape index (κ2) is 5.63. The van der Waals surface area contributed by atoms with Gasteiger partial charge in [-0.2, -0.15) is 5.26 Å². The Morgan fingerprint density at radius 1 is 1.26 bits per heavy atom. The van der Waals surface area contributed by atoms with E-state index in [1.165, 1.54) is 6.07 Å². The van der Waals surface area contributed by atoms with Gasteiger partial charge in [0.2, 0.25) is 0 Å². The number of hydrogen-bond donors (Lipinski definition) is 1. The van der Waals surface area contributed by atoms with Crippen molar-refractivity contribution >= 4 is 27.2 Å². The molecule has 1 aromatic heterocycles. The summed E-state index contributed by atoms with van der Waals surface area (Å²) in [7, 11) is 0. The SMILES string of the molecule is N#C/C(=C(/N)c1cccc(Br)c1F)c1ccncc1. The highest BCUT2D eigenvalue weighted by molar-refractivity contribution is 9.10. The van der Waals surface area contributed by atoms with E-state index in [1.807, 2.05) is 6.07 Å². The molecule has 0 saturated heterocycles. The molecule has 0 aliphatic heterocycles. The zero-order valence-corrected chi connectivity index (χ0v) is 11.4. The summed E-state index contributed by atoms with van der Waals surface area (Å²) in [5.41, 5.74) is 7.06. The van der Waals surface area contributed by atoms with Crippen molar-refractivity contribution in [3.63, 3.8) is 0 Å². The number of nitrogens with zero attached hydrogens (tertiary/aromatic N) is 2. The van der Waals surface area contributed by atoms with E-state index in [9.17, 15) is 9.65 Å². The van der Waals surface area contributed by atoms with Gasteiger partial charge in [-0.05, 0) is 45.8 Å². The average Bonchev–Trinajstić information content (AvgIpc) is 2.44. The molecule has 2 rings (SSSR count). The van der Waals surface area contributed by atoms with E-state index in [4.69, 9.17) is 5.73 Å². The predicted octanol–water partition coefficient (Wildman–Crippen LogP) is 3.33. The van der Waals surface area contributed by atoms with Gasteiger partial charge in [-0.15, -0.1) is 0 Å². The van der Waals surface area contributed by atoms with Gasteiger partial charge in [0, 0.05) is 18.0 Å². The third-order valence-corrected chi connectivity index (χ3v) is 3.20. The topological polar surface area (TPSA) is 62.7 Å². The van der Waals surface area contributed by atoms with Crippen LogP contribution >= 0.6 is 15.9 Å². The van der Waals surface area contributed by atoms with Crippen LogP contribution in [-0.2, 0) is 0 Å². The number of nitriles is 1. The summed E-state index contributed by atoms with van der Waals surface area (Å²) < 4.78 is 14.3. The summed E-state index contributed by atoms with van der Waals surface area (Å²) in [5, 5.41) is 9.23. The molecule has 3 nitrogen and oxygen atoms in total. The largest absolute Gasteiger partial charge is 0.397 e. The quantitative estimate of drug-likeness (QED) is 0.864. The Morgan fingerprint density at radius 3 is 2.58 bits per heavy atom. The Morgan fingerprint density at radius 2 is 1.95 bits per heavy atom. The molecule has 0 radical (unpaired) electrons. The summed E-state index contributed by atoms with van der Waals surface area (Å²) in [5.74, 6) is -0.484. The van der Waals surface area contributed by atoms with Crippen LogP contribution < -0.4 is 5.73 Å². The van der Waals surface area contributed by atoms with Gasteiger partial charge in [-0.3, -0.25) is 4.98 Å². The Kier molecular flexibility index (Phi) is 3.93. The van der Waals surface area contributed by atoms with E-state index in [-0.39, 0.29) is 16.8 Å². The normalized spacial score (nSPS) is 11.6. The van der Waals surface area contributed by atoms with E-state index in [2.05, 4.69) is 20.9 Å². The van der Waals surface area contributed by atoms with Crippen LogP contribution in [0.1, 0.15) is 11.1 Å². The molecular weight excluding hydrogens is 309 g/mol. The van der Waals surface area contributed by atoms with Crippen molar-refractivity contribution in [3.05, 3.63) is 64.1 Å². The molecule has 0 bridgehead atoms. The number of benzene rings is 1. The summed E-state index contributed by atoms with van der Waals surface area (Å²) >= 11 is 3.10. The Bertz CT molecular complexity index is 675. The van der Waals surface area contributed by atoms with Gasteiger partial charge >= 0.3 is 0 Å². The van der Waals surface area contributed by atoms with Gasteiger partial charge in [-0.1, -0.05) is 6.07 Å². The highest BCUT2D eigenvalue weighted by atomic mass is 79.9. The lowest BCUT2D eigenvalue weighted by atomic mass is 10.0. The first-order chi connectivity index (χ1) is 9.15. The second-order valence-electron chi connectivity index (χ2n) is 3.74. The number of allylic oxidation sites excluding steroid dienone is 1. The smallest absolute Gasteiger partial charge is 0.146 e. The lowest BCUT2D eigenvalue weighted by molar-refractivity contribution is 0.617. The Hall–Kier alpha value is -2.19. The fourth-order valence-electron chi connectivity index (χ4n) is 1.65. The first-order valence-electron chi connectivity index (χ1n) is 5.39. The molecule has 1 heterocycles. The first kappa shape index (κ1) is 13.2. The van der Waals surface area contributed by atoms with Crippen LogP contribution in [0.15, 0.2) is 47.2 Å². The standard InChI is InChI=1S/C14H9BrFN3/c15-12-3-1-2-10(13(12)16)14(18)11(8-17)9-4-6-19-7-5-9/h1-7H,18H2/b14-11-. The third kappa shape index (κ3) is 2.64. The lowest BCUT2D eigenvalue weighted by Crippen LogP contribution is -2.03. The fourth-order valence-corrected chi connectivity index (χ4v) is 2.01. The molecule has 0 saturated carbocycles. The van der Waals surface area contributed by atoms with Crippen LogP contribution in [0.4, 0.5) is 4.39 Å². The van der Waals surface area contributed by atoms with Gasteiger partial charge in [0.05, 0.1) is 15.7 Å². The van der Waals surface area contributed by atoms with Gasteiger partial charge < -0.3 is 5.73 Å². The maximum atomic E-state index is 14.0. The molecule has 5 heteroatoms. The Labute approximate surface area is 118 Å². The number of rotatable bonds is 2. The first-order valence-corrected chi connectivity index (χ1v) is 6.19. The molecule has 0 atom stereocenters. The maximum absolute atomic E-state index is 14.0. The zero-order valence-electron chi connectivity index (χ0n) is 9.77. The summed E-state index contributed by atoms with van der Waals surface area (Å²) in [6, 6.07) is 10.1. The van der Waals surface area contributed by atoms with Crippen molar-refractivity contribution in [1.82, 2.24) is 4.98 Å². The summed E-state index contributed by atoms with van der Waals surface area (Å²) in [4.78, 5) is 3.87. The minimum atomic E-state index is -0.484. The molecular formula is C14H9BrFN3. The summed E-state index contributed by atoms with van der Waals surface area (Å²) in [6.07, 6.45) is 3.11. The zero-order chi connectivity index (χ0) is 13.8. The van der Waals surface area contributed by atoms with Gasteiger partial charge in [0.1, 0.15) is 11.9 Å². The van der Waals surface area contributed by atoms with Crippen LogP contribution in [-0.4, -0.2) is 4.98 Å². The Balaban J connectivity index is 2.63. The molecule has 0 amide bonds. The minimum Gasteiger partial charge on any atom is -0.397 e. The van der Waals surface area contributed by atoms with Crippen LogP contribution in [0.5, 0.6) is 0 Å². The molecule has 1 aromatic carbocycles. The number of pyridine rings is 1. The van der Waals surface area contributed by atoms with Crippen LogP contribution in [0.2, 0.25) is 0 Å². The molecule has 2 N–H and O–H groups in total. The fraction of sp³-hybridized carbons (Fsp3) is 0. The van der Waals surface area contributed by atoms with Crippen LogP contribution in [0, 0.1) is 17.1 Å². The van der Waals surface area contributed by atoms with Crippen LogP contribution in [0.25, 0.3) is 11.3 Å². The summed E-state index contributed by atoms with van der Waals surface area (Å²) in [6.45, 7) is 0. The third-order valence-electron chi connectivity index (χ3n) is 2.59.